The highest BCUT2D eigenvalue weighted by atomic mass is 35.5. The Morgan fingerprint density at radius 3 is 2.33 bits per heavy atom. The second-order valence-electron chi connectivity index (χ2n) is 7.15. The van der Waals surface area contributed by atoms with E-state index in [1.165, 1.54) is 24.6 Å². The Kier molecular flexibility index (Phi) is 7.10. The van der Waals surface area contributed by atoms with Gasteiger partial charge in [-0.15, -0.1) is 24.2 Å². The van der Waals surface area contributed by atoms with E-state index in [-0.39, 0.29) is 29.6 Å². The van der Waals surface area contributed by atoms with Gasteiger partial charge in [-0.25, -0.2) is 0 Å². The minimum Gasteiger partial charge on any atom is -0.352 e. The van der Waals surface area contributed by atoms with Crippen LogP contribution in [0.25, 0.3) is 0 Å². The van der Waals surface area contributed by atoms with Crippen LogP contribution in [0.15, 0.2) is 59.5 Å². The second kappa shape index (κ2) is 9.33. The lowest BCUT2D eigenvalue weighted by molar-refractivity contribution is -0.121. The second-order valence-corrected chi connectivity index (χ2v) is 8.71. The molecule has 3 nitrogen and oxygen atoms in total. The molecule has 2 aliphatic rings. The maximum atomic E-state index is 13.2. The van der Waals surface area contributed by atoms with Crippen molar-refractivity contribution in [3.8, 4) is 0 Å². The lowest BCUT2D eigenvalue weighted by atomic mass is 9.99. The summed E-state index contributed by atoms with van der Waals surface area (Å²) in [6.07, 6.45) is 4.52. The van der Waals surface area contributed by atoms with Gasteiger partial charge in [-0.3, -0.25) is 4.79 Å². The molecule has 0 radical (unpaired) electrons. The number of rotatable bonds is 5. The zero-order chi connectivity index (χ0) is 17.9. The van der Waals surface area contributed by atoms with E-state index < -0.39 is 0 Å². The molecule has 3 unspecified atom stereocenters. The van der Waals surface area contributed by atoms with Crippen molar-refractivity contribution in [1.29, 1.82) is 0 Å². The van der Waals surface area contributed by atoms with Crippen molar-refractivity contribution in [2.45, 2.75) is 54.0 Å². The number of fused-ring (bicyclic) bond motifs is 2. The fourth-order valence-electron chi connectivity index (χ4n) is 4.02. The Balaban J connectivity index is 0.00000210. The van der Waals surface area contributed by atoms with E-state index in [9.17, 15) is 4.79 Å². The van der Waals surface area contributed by atoms with Crippen LogP contribution in [0, 0.1) is 0 Å². The molecule has 1 amide bonds. The van der Waals surface area contributed by atoms with E-state index in [1.54, 1.807) is 0 Å². The highest BCUT2D eigenvalue weighted by Crippen LogP contribution is 2.39. The van der Waals surface area contributed by atoms with Crippen LogP contribution in [0.3, 0.4) is 0 Å². The molecule has 4 rings (SSSR count). The van der Waals surface area contributed by atoms with E-state index in [2.05, 4.69) is 10.6 Å². The summed E-state index contributed by atoms with van der Waals surface area (Å²) in [6.45, 7) is 0. The standard InChI is InChI=1S/C21H23ClN2OS.ClH/c22-18-8-4-5-9-19(18)26-20(14-6-2-1-3-7-14)21(25)24-17-12-15-10-11-16(13-17)23-15;/h1-9,15-17,20,23H,10-13H2,(H,24,25);1H. The van der Waals surface area contributed by atoms with E-state index in [1.807, 2.05) is 54.6 Å². The number of thioether (sulfide) groups is 1. The van der Waals surface area contributed by atoms with Gasteiger partial charge >= 0.3 is 0 Å². The maximum Gasteiger partial charge on any atom is 0.238 e. The molecule has 144 valence electrons. The van der Waals surface area contributed by atoms with E-state index >= 15 is 0 Å². The summed E-state index contributed by atoms with van der Waals surface area (Å²) in [5, 5.41) is 7.33. The lowest BCUT2D eigenvalue weighted by Crippen LogP contribution is -2.48. The molecule has 2 aromatic carbocycles. The molecule has 2 N–H and O–H groups in total. The zero-order valence-electron chi connectivity index (χ0n) is 14.9. The van der Waals surface area contributed by atoms with Crippen LogP contribution >= 0.6 is 35.8 Å². The predicted octanol–water partition coefficient (Wildman–Crippen LogP) is 4.99. The summed E-state index contributed by atoms with van der Waals surface area (Å²) in [5.74, 6) is 0.0763. The van der Waals surface area contributed by atoms with Gasteiger partial charge in [0.1, 0.15) is 5.25 Å². The van der Waals surface area contributed by atoms with Crippen LogP contribution in [-0.2, 0) is 4.79 Å². The van der Waals surface area contributed by atoms with Gasteiger partial charge in [0.2, 0.25) is 5.91 Å². The number of halogens is 2. The van der Waals surface area contributed by atoms with Gasteiger partial charge < -0.3 is 10.6 Å². The first-order valence-corrected chi connectivity index (χ1v) is 10.5. The summed E-state index contributed by atoms with van der Waals surface area (Å²) < 4.78 is 0. The monoisotopic (exact) mass is 422 g/mol. The Hall–Kier alpha value is -1.20. The summed E-state index contributed by atoms with van der Waals surface area (Å²) in [7, 11) is 0. The van der Waals surface area contributed by atoms with Crippen molar-refractivity contribution in [1.82, 2.24) is 10.6 Å². The number of piperidine rings is 1. The van der Waals surface area contributed by atoms with E-state index in [0.29, 0.717) is 17.1 Å². The molecule has 2 bridgehead atoms. The molecule has 2 saturated heterocycles. The third kappa shape index (κ3) is 5.00. The Morgan fingerprint density at radius 1 is 1.04 bits per heavy atom. The average Bonchev–Trinajstić information content (AvgIpc) is 3.00. The molecular weight excluding hydrogens is 399 g/mol. The molecule has 2 aromatic rings. The van der Waals surface area contributed by atoms with Crippen molar-refractivity contribution in [2.75, 3.05) is 0 Å². The van der Waals surface area contributed by atoms with Gasteiger partial charge in [0.05, 0.1) is 5.02 Å². The maximum absolute atomic E-state index is 13.2. The average molecular weight is 423 g/mol. The van der Waals surface area contributed by atoms with Gasteiger partial charge in [0, 0.05) is 23.0 Å². The van der Waals surface area contributed by atoms with Crippen molar-refractivity contribution in [3.05, 3.63) is 65.2 Å². The molecule has 0 spiro atoms. The fraction of sp³-hybridized carbons (Fsp3) is 0.381. The molecule has 0 saturated carbocycles. The third-order valence-corrected chi connectivity index (χ3v) is 7.01. The zero-order valence-corrected chi connectivity index (χ0v) is 17.3. The van der Waals surface area contributed by atoms with Crippen molar-refractivity contribution < 1.29 is 4.79 Å². The van der Waals surface area contributed by atoms with Crippen LogP contribution in [-0.4, -0.2) is 24.0 Å². The summed E-state index contributed by atoms with van der Waals surface area (Å²) in [5.41, 5.74) is 1.01. The first kappa shape index (κ1) is 20.5. The fourth-order valence-corrected chi connectivity index (χ4v) is 5.35. The molecule has 27 heavy (non-hydrogen) atoms. The quantitative estimate of drug-likeness (QED) is 0.666. The van der Waals surface area contributed by atoms with E-state index in [0.717, 1.165) is 23.3 Å². The van der Waals surface area contributed by atoms with Crippen molar-refractivity contribution >= 4 is 41.7 Å². The number of benzene rings is 2. The van der Waals surface area contributed by atoms with Gasteiger partial charge in [-0.2, -0.15) is 0 Å². The van der Waals surface area contributed by atoms with Crippen molar-refractivity contribution in [3.63, 3.8) is 0 Å². The first-order chi connectivity index (χ1) is 12.7. The normalized spacial score (nSPS) is 24.7. The number of nitrogens with one attached hydrogen (secondary N) is 2. The molecular formula is C21H24Cl2N2OS. The molecule has 2 aliphatic heterocycles. The summed E-state index contributed by atoms with van der Waals surface area (Å²) in [4.78, 5) is 14.1. The van der Waals surface area contributed by atoms with Gasteiger partial charge in [-0.1, -0.05) is 54.1 Å². The van der Waals surface area contributed by atoms with Crippen LogP contribution < -0.4 is 10.6 Å². The first-order valence-electron chi connectivity index (χ1n) is 9.21. The largest absolute Gasteiger partial charge is 0.352 e. The summed E-state index contributed by atoms with van der Waals surface area (Å²) >= 11 is 7.86. The number of carbonyl (C=O) groups is 1. The molecule has 2 heterocycles. The lowest BCUT2D eigenvalue weighted by Gasteiger charge is -2.31. The minimum absolute atomic E-state index is 0. The molecule has 0 aliphatic carbocycles. The van der Waals surface area contributed by atoms with Crippen LogP contribution in [0.4, 0.5) is 0 Å². The minimum atomic E-state index is -0.302. The molecule has 2 fully saturated rings. The smallest absolute Gasteiger partial charge is 0.238 e. The van der Waals surface area contributed by atoms with E-state index in [4.69, 9.17) is 11.6 Å². The number of hydrogen-bond acceptors (Lipinski definition) is 3. The van der Waals surface area contributed by atoms with Gasteiger partial charge in [-0.05, 0) is 43.4 Å². The van der Waals surface area contributed by atoms with Crippen LogP contribution in [0.2, 0.25) is 5.02 Å². The number of hydrogen-bond donors (Lipinski definition) is 2. The Bertz CT molecular complexity index is 762. The predicted molar refractivity (Wildman–Crippen MR) is 115 cm³/mol. The Labute approximate surface area is 176 Å². The van der Waals surface area contributed by atoms with Crippen molar-refractivity contribution in [2.24, 2.45) is 0 Å². The van der Waals surface area contributed by atoms with Crippen LogP contribution in [0.1, 0.15) is 36.5 Å². The molecule has 0 aromatic heterocycles. The molecule has 3 atom stereocenters. The van der Waals surface area contributed by atoms with Crippen LogP contribution in [0.5, 0.6) is 0 Å². The van der Waals surface area contributed by atoms with Gasteiger partial charge in [0.25, 0.3) is 0 Å². The highest BCUT2D eigenvalue weighted by Gasteiger charge is 2.35. The SMILES string of the molecule is Cl.O=C(NC1CC2CCC(C1)N2)C(Sc1ccccc1Cl)c1ccccc1. The summed E-state index contributed by atoms with van der Waals surface area (Å²) in [6, 6.07) is 19.1. The number of amides is 1. The molecule has 6 heteroatoms. The highest BCUT2D eigenvalue weighted by molar-refractivity contribution is 8.00. The Morgan fingerprint density at radius 2 is 1.67 bits per heavy atom. The topological polar surface area (TPSA) is 41.1 Å². The number of carbonyl (C=O) groups excluding carboxylic acids is 1. The van der Waals surface area contributed by atoms with Gasteiger partial charge in [0.15, 0.2) is 0 Å². The third-order valence-electron chi connectivity index (χ3n) is 5.24.